The van der Waals surface area contributed by atoms with Gasteiger partial charge in [-0.2, -0.15) is 4.31 Å². The van der Waals surface area contributed by atoms with Gasteiger partial charge in [0.2, 0.25) is 10.0 Å². The minimum absolute atomic E-state index is 0.192. The van der Waals surface area contributed by atoms with E-state index in [9.17, 15) is 13.2 Å². The van der Waals surface area contributed by atoms with Gasteiger partial charge in [0, 0.05) is 49.3 Å². The smallest absolute Gasteiger partial charge is 0.260 e. The Kier molecular flexibility index (Phi) is 8.52. The van der Waals surface area contributed by atoms with Crippen LogP contribution in [0.3, 0.4) is 0 Å². The van der Waals surface area contributed by atoms with Gasteiger partial charge in [0.15, 0.2) is 5.13 Å². The van der Waals surface area contributed by atoms with Crippen LogP contribution in [0, 0.1) is 0 Å². The van der Waals surface area contributed by atoms with Crippen LogP contribution in [0.1, 0.15) is 27.9 Å². The lowest BCUT2D eigenvalue weighted by atomic mass is 10.0. The Morgan fingerprint density at radius 3 is 2.54 bits per heavy atom. The molecule has 0 atom stereocenters. The molecule has 3 aromatic carbocycles. The fourth-order valence-corrected chi connectivity index (χ4v) is 8.27. The van der Waals surface area contributed by atoms with Gasteiger partial charge in [0.05, 0.1) is 28.3 Å². The molecule has 0 spiro atoms. The van der Waals surface area contributed by atoms with Crippen molar-refractivity contribution in [2.45, 2.75) is 24.3 Å². The number of thiazole rings is 1. The third-order valence-electron chi connectivity index (χ3n) is 7.61. The van der Waals surface area contributed by atoms with Crippen molar-refractivity contribution in [3.05, 3.63) is 87.9 Å². The van der Waals surface area contributed by atoms with E-state index in [-0.39, 0.29) is 10.8 Å². The van der Waals surface area contributed by atoms with E-state index in [1.54, 1.807) is 29.2 Å². The van der Waals surface area contributed by atoms with Gasteiger partial charge in [-0.3, -0.25) is 14.6 Å². The van der Waals surface area contributed by atoms with Crippen LogP contribution in [0.5, 0.6) is 0 Å². The summed E-state index contributed by atoms with van der Waals surface area (Å²) in [6.45, 7) is 5.39. The molecule has 1 amide bonds. The number of rotatable bonds is 8. The summed E-state index contributed by atoms with van der Waals surface area (Å²) in [6.07, 6.45) is 1.47. The lowest BCUT2D eigenvalue weighted by Gasteiger charge is -2.28. The number of nitrogens with zero attached hydrogens (tertiary/aromatic N) is 4. The second-order valence-corrected chi connectivity index (χ2v) is 14.1. The standard InChI is InChI=1S/C30H31BrN4O4S2/c31-25-8-11-27-28(20-25)40-30(32-27)35(14-3-13-33-16-18-39-19-17-33)29(36)23-6-9-26(10-7-23)41(37,38)34-15-12-22-4-1-2-5-24(22)21-34/h1-2,4-11,20H,3,12-19,21H2. The number of halogens is 1. The van der Waals surface area contributed by atoms with Gasteiger partial charge in [-0.15, -0.1) is 0 Å². The highest BCUT2D eigenvalue weighted by Crippen LogP contribution is 2.32. The number of amides is 1. The van der Waals surface area contributed by atoms with Gasteiger partial charge >= 0.3 is 0 Å². The van der Waals surface area contributed by atoms with Crippen molar-refractivity contribution in [2.75, 3.05) is 50.8 Å². The number of aromatic nitrogens is 1. The normalized spacial score (nSPS) is 16.5. The molecule has 0 radical (unpaired) electrons. The van der Waals surface area contributed by atoms with E-state index in [1.807, 2.05) is 36.4 Å². The molecule has 2 aliphatic rings. The first-order valence-electron chi connectivity index (χ1n) is 13.7. The third-order valence-corrected chi connectivity index (χ3v) is 11.0. The fraction of sp³-hybridized carbons (Fsp3) is 0.333. The van der Waals surface area contributed by atoms with Gasteiger partial charge in [0.25, 0.3) is 5.91 Å². The Labute approximate surface area is 252 Å². The maximum Gasteiger partial charge on any atom is 0.260 e. The highest BCUT2D eigenvalue weighted by atomic mass is 79.9. The third kappa shape index (κ3) is 6.25. The Bertz CT molecular complexity index is 1650. The van der Waals surface area contributed by atoms with E-state index < -0.39 is 10.0 Å². The molecule has 11 heteroatoms. The van der Waals surface area contributed by atoms with Crippen molar-refractivity contribution in [3.63, 3.8) is 0 Å². The number of carbonyl (C=O) groups is 1. The predicted molar refractivity (Wildman–Crippen MR) is 165 cm³/mol. The molecule has 214 valence electrons. The van der Waals surface area contributed by atoms with Crippen molar-refractivity contribution < 1.29 is 17.9 Å². The molecule has 6 rings (SSSR count). The second-order valence-electron chi connectivity index (χ2n) is 10.3. The van der Waals surface area contributed by atoms with Crippen LogP contribution in [0.2, 0.25) is 0 Å². The molecular weight excluding hydrogens is 624 g/mol. The van der Waals surface area contributed by atoms with E-state index in [2.05, 4.69) is 26.9 Å². The molecule has 3 heterocycles. The average Bonchev–Trinajstić information content (AvgIpc) is 3.42. The summed E-state index contributed by atoms with van der Waals surface area (Å²) in [4.78, 5) is 22.9. The van der Waals surface area contributed by atoms with E-state index in [0.717, 1.165) is 59.5 Å². The van der Waals surface area contributed by atoms with Gasteiger partial charge < -0.3 is 4.74 Å². The van der Waals surface area contributed by atoms with Crippen LogP contribution in [0.25, 0.3) is 10.2 Å². The molecule has 0 bridgehead atoms. The Morgan fingerprint density at radius 2 is 1.76 bits per heavy atom. The Balaban J connectivity index is 1.22. The Hall–Kier alpha value is -2.67. The van der Waals surface area contributed by atoms with Crippen molar-refractivity contribution in [3.8, 4) is 0 Å². The number of carbonyl (C=O) groups excluding carboxylic acids is 1. The zero-order valence-electron chi connectivity index (χ0n) is 22.5. The van der Waals surface area contributed by atoms with Crippen LogP contribution in [-0.2, 0) is 27.7 Å². The molecule has 0 N–H and O–H groups in total. The maximum absolute atomic E-state index is 13.9. The van der Waals surface area contributed by atoms with Gasteiger partial charge in [0.1, 0.15) is 0 Å². The van der Waals surface area contributed by atoms with Crippen molar-refractivity contribution in [2.24, 2.45) is 0 Å². The topological polar surface area (TPSA) is 83.1 Å². The van der Waals surface area contributed by atoms with E-state index in [0.29, 0.717) is 36.8 Å². The summed E-state index contributed by atoms with van der Waals surface area (Å²) in [5.41, 5.74) is 3.49. The molecule has 8 nitrogen and oxygen atoms in total. The number of ether oxygens (including phenoxy) is 1. The summed E-state index contributed by atoms with van der Waals surface area (Å²) < 4.78 is 35.8. The van der Waals surface area contributed by atoms with Crippen LogP contribution in [-0.4, -0.2) is 74.5 Å². The molecule has 0 saturated carbocycles. The van der Waals surface area contributed by atoms with Gasteiger partial charge in [-0.1, -0.05) is 51.5 Å². The number of morpholine rings is 1. The zero-order valence-corrected chi connectivity index (χ0v) is 25.8. The summed E-state index contributed by atoms with van der Waals surface area (Å²) >= 11 is 5.00. The second kappa shape index (κ2) is 12.3. The summed E-state index contributed by atoms with van der Waals surface area (Å²) in [6, 6.07) is 20.2. The zero-order chi connectivity index (χ0) is 28.4. The van der Waals surface area contributed by atoms with Crippen LogP contribution >= 0.6 is 27.3 Å². The van der Waals surface area contributed by atoms with Crippen molar-refractivity contribution in [1.29, 1.82) is 0 Å². The molecule has 0 unspecified atom stereocenters. The van der Waals surface area contributed by atoms with Gasteiger partial charge in [-0.25, -0.2) is 13.4 Å². The number of hydrogen-bond acceptors (Lipinski definition) is 7. The quantitative estimate of drug-likeness (QED) is 0.261. The maximum atomic E-state index is 13.9. The molecule has 1 fully saturated rings. The summed E-state index contributed by atoms with van der Waals surface area (Å²) in [5, 5.41) is 0.633. The van der Waals surface area contributed by atoms with E-state index >= 15 is 0 Å². The SMILES string of the molecule is O=C(c1ccc(S(=O)(=O)N2CCc3ccccc3C2)cc1)N(CCCN1CCOCC1)c1nc2ccc(Br)cc2s1. The monoisotopic (exact) mass is 654 g/mol. The minimum atomic E-state index is -3.69. The number of fused-ring (bicyclic) bond motifs is 2. The molecule has 1 saturated heterocycles. The van der Waals surface area contributed by atoms with E-state index in [4.69, 9.17) is 9.72 Å². The highest BCUT2D eigenvalue weighted by Gasteiger charge is 2.29. The first-order chi connectivity index (χ1) is 19.9. The summed E-state index contributed by atoms with van der Waals surface area (Å²) in [5.74, 6) is -0.194. The summed E-state index contributed by atoms with van der Waals surface area (Å²) in [7, 11) is -3.69. The first-order valence-corrected chi connectivity index (χ1v) is 16.8. The highest BCUT2D eigenvalue weighted by molar-refractivity contribution is 9.10. The van der Waals surface area contributed by atoms with Crippen LogP contribution in [0.15, 0.2) is 76.1 Å². The van der Waals surface area contributed by atoms with Gasteiger partial charge in [-0.05, 0) is 66.4 Å². The van der Waals surface area contributed by atoms with Crippen molar-refractivity contribution >= 4 is 58.5 Å². The number of benzene rings is 3. The number of hydrogen-bond donors (Lipinski definition) is 0. The molecule has 2 aliphatic heterocycles. The van der Waals surface area contributed by atoms with Crippen LogP contribution < -0.4 is 4.90 Å². The minimum Gasteiger partial charge on any atom is -0.379 e. The lowest BCUT2D eigenvalue weighted by molar-refractivity contribution is 0.0376. The molecule has 1 aromatic heterocycles. The van der Waals surface area contributed by atoms with Crippen LogP contribution in [0.4, 0.5) is 5.13 Å². The lowest BCUT2D eigenvalue weighted by Crippen LogP contribution is -2.39. The predicted octanol–water partition coefficient (Wildman–Crippen LogP) is 5.17. The number of anilines is 1. The Morgan fingerprint density at radius 1 is 1.00 bits per heavy atom. The first kappa shape index (κ1) is 28.4. The average molecular weight is 656 g/mol. The number of sulfonamides is 1. The fourth-order valence-electron chi connectivity index (χ4n) is 5.31. The largest absolute Gasteiger partial charge is 0.379 e. The van der Waals surface area contributed by atoms with Crippen molar-refractivity contribution in [1.82, 2.24) is 14.2 Å². The molecule has 0 aliphatic carbocycles. The molecule has 4 aromatic rings. The molecule has 41 heavy (non-hydrogen) atoms. The molecular formula is C30H31BrN4O4S2. The van der Waals surface area contributed by atoms with E-state index in [1.165, 1.54) is 21.2 Å².